The van der Waals surface area contributed by atoms with Gasteiger partial charge in [-0.25, -0.2) is 0 Å². The molecule has 0 saturated heterocycles. The van der Waals surface area contributed by atoms with Crippen LogP contribution in [0.5, 0.6) is 0 Å². The Balaban J connectivity index is 3.75. The van der Waals surface area contributed by atoms with Gasteiger partial charge in [0.15, 0.2) is 6.29 Å². The molecule has 0 aromatic rings. The van der Waals surface area contributed by atoms with Gasteiger partial charge in [0, 0.05) is 26.2 Å². The molecule has 0 radical (unpaired) electrons. The molecule has 1 N–H and O–H groups in total. The van der Waals surface area contributed by atoms with Gasteiger partial charge >= 0.3 is 0 Å². The summed E-state index contributed by atoms with van der Waals surface area (Å²) in [6.07, 6.45) is 6.05. The molecule has 0 aliphatic rings. The molecule has 0 aliphatic heterocycles. The van der Waals surface area contributed by atoms with E-state index in [1.165, 1.54) is 0 Å². The van der Waals surface area contributed by atoms with Crippen molar-refractivity contribution in [2.75, 3.05) is 19.8 Å². The zero-order valence-corrected chi connectivity index (χ0v) is 10.3. The summed E-state index contributed by atoms with van der Waals surface area (Å²) in [7, 11) is 0. The van der Waals surface area contributed by atoms with Crippen LogP contribution in [0.2, 0.25) is 0 Å². The fourth-order valence-corrected chi connectivity index (χ4v) is 1.14. The standard InChI is InChI=1S/C12H23NO2/c1-6-12(4,5)13-10-9-11(14-7-2)15-8-3/h1,11,13H,7-10H2,2-5H3. The van der Waals surface area contributed by atoms with Gasteiger partial charge in [-0.15, -0.1) is 6.42 Å². The highest BCUT2D eigenvalue weighted by Gasteiger charge is 2.14. The first-order chi connectivity index (χ1) is 7.05. The second kappa shape index (κ2) is 7.70. The topological polar surface area (TPSA) is 30.5 Å². The highest BCUT2D eigenvalue weighted by atomic mass is 16.7. The molecule has 0 atom stereocenters. The minimum atomic E-state index is -0.261. The summed E-state index contributed by atoms with van der Waals surface area (Å²) in [5.74, 6) is 2.69. The SMILES string of the molecule is C#CC(C)(C)NCCC(OCC)OCC. The molecule has 15 heavy (non-hydrogen) atoms. The van der Waals surface area contributed by atoms with E-state index in [4.69, 9.17) is 15.9 Å². The number of rotatable bonds is 8. The van der Waals surface area contributed by atoms with Crippen LogP contribution in [-0.2, 0) is 9.47 Å². The number of hydrogen-bond donors (Lipinski definition) is 1. The molecular weight excluding hydrogens is 190 g/mol. The summed E-state index contributed by atoms with van der Waals surface area (Å²) < 4.78 is 10.8. The average molecular weight is 213 g/mol. The number of nitrogens with one attached hydrogen (secondary N) is 1. The zero-order chi connectivity index (χ0) is 11.7. The van der Waals surface area contributed by atoms with Crippen molar-refractivity contribution in [3.8, 4) is 12.3 Å². The van der Waals surface area contributed by atoms with E-state index in [0.717, 1.165) is 13.0 Å². The van der Waals surface area contributed by atoms with Crippen molar-refractivity contribution in [3.05, 3.63) is 0 Å². The van der Waals surface area contributed by atoms with Crippen molar-refractivity contribution < 1.29 is 9.47 Å². The molecule has 0 amide bonds. The predicted molar refractivity (Wildman–Crippen MR) is 62.6 cm³/mol. The van der Waals surface area contributed by atoms with Crippen LogP contribution in [0.25, 0.3) is 0 Å². The highest BCUT2D eigenvalue weighted by molar-refractivity contribution is 5.07. The van der Waals surface area contributed by atoms with Crippen LogP contribution in [-0.4, -0.2) is 31.6 Å². The lowest BCUT2D eigenvalue weighted by Gasteiger charge is -2.22. The predicted octanol–water partition coefficient (Wildman–Crippen LogP) is 1.78. The summed E-state index contributed by atoms with van der Waals surface area (Å²) in [4.78, 5) is 0. The zero-order valence-electron chi connectivity index (χ0n) is 10.3. The minimum absolute atomic E-state index is 0.124. The summed E-state index contributed by atoms with van der Waals surface area (Å²) in [6, 6.07) is 0. The quantitative estimate of drug-likeness (QED) is 0.492. The normalized spacial score (nSPS) is 11.7. The molecule has 0 fully saturated rings. The first kappa shape index (κ1) is 14.4. The fourth-order valence-electron chi connectivity index (χ4n) is 1.14. The summed E-state index contributed by atoms with van der Waals surface area (Å²) in [5.41, 5.74) is -0.261. The van der Waals surface area contributed by atoms with E-state index < -0.39 is 0 Å². The van der Waals surface area contributed by atoms with E-state index in [2.05, 4.69) is 11.2 Å². The van der Waals surface area contributed by atoms with Crippen LogP contribution in [0.15, 0.2) is 0 Å². The molecule has 0 heterocycles. The summed E-state index contributed by atoms with van der Waals surface area (Å²) in [5, 5.41) is 3.26. The Kier molecular flexibility index (Phi) is 7.41. The Hall–Kier alpha value is -0.560. The fraction of sp³-hybridized carbons (Fsp3) is 0.833. The van der Waals surface area contributed by atoms with Gasteiger partial charge in [-0.2, -0.15) is 0 Å². The molecule has 0 bridgehead atoms. The molecule has 0 aromatic carbocycles. The lowest BCUT2D eigenvalue weighted by Crippen LogP contribution is -2.39. The van der Waals surface area contributed by atoms with Crippen molar-refractivity contribution in [2.24, 2.45) is 0 Å². The van der Waals surface area contributed by atoms with E-state index in [0.29, 0.717) is 13.2 Å². The third-order valence-electron chi connectivity index (χ3n) is 2.01. The molecule has 0 spiro atoms. The second-order valence-corrected chi connectivity index (χ2v) is 3.83. The lowest BCUT2D eigenvalue weighted by atomic mass is 10.1. The molecule has 88 valence electrons. The van der Waals surface area contributed by atoms with E-state index in [9.17, 15) is 0 Å². The second-order valence-electron chi connectivity index (χ2n) is 3.83. The molecule has 3 heteroatoms. The van der Waals surface area contributed by atoms with E-state index in [1.807, 2.05) is 27.7 Å². The first-order valence-corrected chi connectivity index (χ1v) is 5.51. The minimum Gasteiger partial charge on any atom is -0.353 e. The van der Waals surface area contributed by atoms with Crippen molar-refractivity contribution in [2.45, 2.75) is 45.9 Å². The van der Waals surface area contributed by atoms with Gasteiger partial charge in [-0.3, -0.25) is 0 Å². The molecule has 0 saturated carbocycles. The van der Waals surface area contributed by atoms with Crippen LogP contribution < -0.4 is 5.32 Å². The van der Waals surface area contributed by atoms with Crippen LogP contribution in [0.3, 0.4) is 0 Å². The van der Waals surface area contributed by atoms with E-state index in [1.54, 1.807) is 0 Å². The van der Waals surface area contributed by atoms with Crippen molar-refractivity contribution in [1.29, 1.82) is 0 Å². The smallest absolute Gasteiger partial charge is 0.158 e. The van der Waals surface area contributed by atoms with Gasteiger partial charge in [0.1, 0.15) is 0 Å². The largest absolute Gasteiger partial charge is 0.353 e. The van der Waals surface area contributed by atoms with E-state index >= 15 is 0 Å². The Morgan fingerprint density at radius 3 is 2.20 bits per heavy atom. The Morgan fingerprint density at radius 1 is 1.27 bits per heavy atom. The Bertz CT molecular complexity index is 190. The molecular formula is C12H23NO2. The third kappa shape index (κ3) is 7.38. The monoisotopic (exact) mass is 213 g/mol. The highest BCUT2D eigenvalue weighted by Crippen LogP contribution is 2.03. The van der Waals surface area contributed by atoms with Crippen LogP contribution in [0.1, 0.15) is 34.1 Å². The van der Waals surface area contributed by atoms with Gasteiger partial charge in [0.05, 0.1) is 5.54 Å². The maximum absolute atomic E-state index is 5.42. The molecule has 3 nitrogen and oxygen atoms in total. The molecule has 0 aromatic heterocycles. The van der Waals surface area contributed by atoms with Crippen LogP contribution in [0, 0.1) is 12.3 Å². The van der Waals surface area contributed by atoms with Gasteiger partial charge in [0.2, 0.25) is 0 Å². The lowest BCUT2D eigenvalue weighted by molar-refractivity contribution is -0.138. The number of hydrogen-bond acceptors (Lipinski definition) is 3. The van der Waals surface area contributed by atoms with Gasteiger partial charge in [-0.05, 0) is 27.7 Å². The van der Waals surface area contributed by atoms with Gasteiger partial charge < -0.3 is 14.8 Å². The van der Waals surface area contributed by atoms with Crippen molar-refractivity contribution >= 4 is 0 Å². The Labute approximate surface area is 93.5 Å². The number of ether oxygens (including phenoxy) is 2. The summed E-state index contributed by atoms with van der Waals surface area (Å²) >= 11 is 0. The van der Waals surface area contributed by atoms with Crippen LogP contribution >= 0.6 is 0 Å². The molecule has 0 aliphatic carbocycles. The molecule has 0 rings (SSSR count). The maximum Gasteiger partial charge on any atom is 0.158 e. The Morgan fingerprint density at radius 2 is 1.80 bits per heavy atom. The molecule has 0 unspecified atom stereocenters. The van der Waals surface area contributed by atoms with Crippen molar-refractivity contribution in [3.63, 3.8) is 0 Å². The first-order valence-electron chi connectivity index (χ1n) is 5.51. The van der Waals surface area contributed by atoms with Crippen LogP contribution in [0.4, 0.5) is 0 Å². The van der Waals surface area contributed by atoms with E-state index in [-0.39, 0.29) is 11.8 Å². The van der Waals surface area contributed by atoms with Gasteiger partial charge in [0.25, 0.3) is 0 Å². The average Bonchev–Trinajstić information content (AvgIpc) is 2.18. The third-order valence-corrected chi connectivity index (χ3v) is 2.01. The summed E-state index contributed by atoms with van der Waals surface area (Å²) in [6.45, 7) is 10.0. The number of terminal acetylenes is 1. The maximum atomic E-state index is 5.42. The van der Waals surface area contributed by atoms with Crippen molar-refractivity contribution in [1.82, 2.24) is 5.32 Å². The van der Waals surface area contributed by atoms with Gasteiger partial charge in [-0.1, -0.05) is 5.92 Å².